The molecule has 1 fully saturated rings. The molecule has 0 spiro atoms. The Labute approximate surface area is 58.0 Å². The van der Waals surface area contributed by atoms with E-state index in [0.29, 0.717) is 0 Å². The van der Waals surface area contributed by atoms with Crippen molar-refractivity contribution in [2.24, 2.45) is 5.92 Å². The summed E-state index contributed by atoms with van der Waals surface area (Å²) in [5.74, 6) is 0.937. The lowest BCUT2D eigenvalue weighted by Gasteiger charge is -2.19. The first-order chi connectivity index (χ1) is 4.20. The second-order valence-electron chi connectivity index (χ2n) is 3.48. The van der Waals surface area contributed by atoms with E-state index < -0.39 is 0 Å². The lowest BCUT2D eigenvalue weighted by Crippen LogP contribution is -2.27. The smallest absolute Gasteiger partial charge is 0.00387 e. The molecular formula is C8H17N. The fourth-order valence-corrected chi connectivity index (χ4v) is 1.44. The normalized spacial score (nSPS) is 30.0. The molecule has 9 heavy (non-hydrogen) atoms. The molecule has 1 aliphatic rings. The van der Waals surface area contributed by atoms with Crippen molar-refractivity contribution in [1.29, 1.82) is 0 Å². The minimum absolute atomic E-state index is 0.759. The summed E-state index contributed by atoms with van der Waals surface area (Å²) in [6.45, 7) is 9.52. The highest BCUT2D eigenvalue weighted by molar-refractivity contribution is 4.74. The molecule has 1 heterocycles. The summed E-state index contributed by atoms with van der Waals surface area (Å²) in [6, 6.07) is 0.759. The minimum Gasteiger partial charge on any atom is -0.301 e. The van der Waals surface area contributed by atoms with E-state index >= 15 is 0 Å². The minimum atomic E-state index is 0.759. The molecule has 0 aromatic rings. The van der Waals surface area contributed by atoms with Crippen LogP contribution in [0.5, 0.6) is 0 Å². The monoisotopic (exact) mass is 127 g/mol. The molecule has 0 aromatic heterocycles. The van der Waals surface area contributed by atoms with Gasteiger partial charge in [-0.25, -0.2) is 0 Å². The number of hydrogen-bond acceptors (Lipinski definition) is 1. The Kier molecular flexibility index (Phi) is 2.12. The van der Waals surface area contributed by atoms with Gasteiger partial charge in [-0.05, 0) is 32.7 Å². The molecule has 1 unspecified atom stereocenters. The van der Waals surface area contributed by atoms with Crippen LogP contribution in [0.15, 0.2) is 0 Å². The third-order valence-corrected chi connectivity index (χ3v) is 2.19. The second-order valence-corrected chi connectivity index (χ2v) is 3.48. The average Bonchev–Trinajstić information content (AvgIpc) is 2.14. The Bertz CT molecular complexity index is 88.6. The molecule has 1 atom stereocenters. The topological polar surface area (TPSA) is 3.24 Å². The van der Waals surface area contributed by atoms with Gasteiger partial charge in [0.15, 0.2) is 0 Å². The second kappa shape index (κ2) is 2.70. The van der Waals surface area contributed by atoms with Crippen LogP contribution in [-0.2, 0) is 0 Å². The molecule has 0 aromatic carbocycles. The Morgan fingerprint density at radius 3 is 2.33 bits per heavy atom. The van der Waals surface area contributed by atoms with E-state index in [-0.39, 0.29) is 0 Å². The Morgan fingerprint density at radius 2 is 2.11 bits per heavy atom. The summed E-state index contributed by atoms with van der Waals surface area (Å²) in [5, 5.41) is 0. The van der Waals surface area contributed by atoms with Crippen LogP contribution in [0.4, 0.5) is 0 Å². The average molecular weight is 127 g/mol. The van der Waals surface area contributed by atoms with Gasteiger partial charge in [-0.2, -0.15) is 0 Å². The molecule has 0 amide bonds. The Hall–Kier alpha value is -0.0400. The lowest BCUT2D eigenvalue weighted by atomic mass is 10.2. The van der Waals surface area contributed by atoms with E-state index in [1.807, 2.05) is 0 Å². The van der Waals surface area contributed by atoms with Crippen molar-refractivity contribution in [3.05, 3.63) is 0 Å². The van der Waals surface area contributed by atoms with E-state index in [1.54, 1.807) is 0 Å². The highest BCUT2D eigenvalue weighted by Crippen LogP contribution is 2.16. The molecule has 1 saturated heterocycles. The Balaban J connectivity index is 2.30. The Morgan fingerprint density at radius 1 is 1.44 bits per heavy atom. The summed E-state index contributed by atoms with van der Waals surface area (Å²) >= 11 is 0. The first-order valence-corrected chi connectivity index (χ1v) is 3.94. The number of rotatable bonds is 1. The fraction of sp³-hybridized carbons (Fsp3) is 1.00. The summed E-state index contributed by atoms with van der Waals surface area (Å²) < 4.78 is 0. The predicted octanol–water partition coefficient (Wildman–Crippen LogP) is 1.74. The number of nitrogens with zero attached hydrogens (tertiary/aromatic N) is 1. The van der Waals surface area contributed by atoms with E-state index in [4.69, 9.17) is 0 Å². The molecule has 1 heteroatoms. The molecule has 54 valence electrons. The van der Waals surface area contributed by atoms with Crippen molar-refractivity contribution in [2.75, 3.05) is 13.1 Å². The zero-order valence-electron chi connectivity index (χ0n) is 6.72. The number of hydrogen-bond donors (Lipinski definition) is 0. The van der Waals surface area contributed by atoms with Gasteiger partial charge in [-0.15, -0.1) is 0 Å². The van der Waals surface area contributed by atoms with Crippen LogP contribution in [0.1, 0.15) is 27.2 Å². The molecule has 0 saturated carbocycles. The van der Waals surface area contributed by atoms with E-state index in [9.17, 15) is 0 Å². The van der Waals surface area contributed by atoms with Gasteiger partial charge in [0.25, 0.3) is 0 Å². The van der Waals surface area contributed by atoms with Crippen molar-refractivity contribution in [3.8, 4) is 0 Å². The highest BCUT2D eigenvalue weighted by Gasteiger charge is 2.19. The van der Waals surface area contributed by atoms with Crippen molar-refractivity contribution in [3.63, 3.8) is 0 Å². The van der Waals surface area contributed by atoms with E-state index in [2.05, 4.69) is 25.7 Å². The summed E-state index contributed by atoms with van der Waals surface area (Å²) in [5.41, 5.74) is 0. The van der Waals surface area contributed by atoms with Gasteiger partial charge < -0.3 is 4.90 Å². The largest absolute Gasteiger partial charge is 0.301 e. The van der Waals surface area contributed by atoms with Gasteiger partial charge in [0.05, 0.1) is 0 Å². The van der Waals surface area contributed by atoms with Gasteiger partial charge in [0.2, 0.25) is 0 Å². The van der Waals surface area contributed by atoms with E-state index in [1.165, 1.54) is 19.5 Å². The van der Waals surface area contributed by atoms with Crippen LogP contribution < -0.4 is 0 Å². The van der Waals surface area contributed by atoms with Crippen molar-refractivity contribution in [1.82, 2.24) is 4.90 Å². The zero-order valence-corrected chi connectivity index (χ0v) is 6.72. The molecule has 1 aliphatic heterocycles. The van der Waals surface area contributed by atoms with Gasteiger partial charge in [-0.3, -0.25) is 0 Å². The van der Waals surface area contributed by atoms with Gasteiger partial charge in [-0.1, -0.05) is 6.92 Å². The third-order valence-electron chi connectivity index (χ3n) is 2.19. The molecule has 0 radical (unpaired) electrons. The molecule has 1 rings (SSSR count). The summed E-state index contributed by atoms with van der Waals surface area (Å²) in [7, 11) is 0. The van der Waals surface area contributed by atoms with Crippen LogP contribution >= 0.6 is 0 Å². The van der Waals surface area contributed by atoms with Crippen LogP contribution in [0.3, 0.4) is 0 Å². The molecule has 0 bridgehead atoms. The summed E-state index contributed by atoms with van der Waals surface area (Å²) in [4.78, 5) is 2.55. The SMILES string of the molecule is CC1CCN(C(C)C)C1. The predicted molar refractivity (Wildman–Crippen MR) is 40.5 cm³/mol. The quantitative estimate of drug-likeness (QED) is 0.518. The molecular weight excluding hydrogens is 110 g/mol. The fourth-order valence-electron chi connectivity index (χ4n) is 1.44. The van der Waals surface area contributed by atoms with Gasteiger partial charge in [0, 0.05) is 12.6 Å². The van der Waals surface area contributed by atoms with Crippen LogP contribution in [0, 0.1) is 5.92 Å². The maximum Gasteiger partial charge on any atom is 0.00387 e. The lowest BCUT2D eigenvalue weighted by molar-refractivity contribution is 0.267. The molecule has 0 aliphatic carbocycles. The van der Waals surface area contributed by atoms with Crippen LogP contribution in [0.2, 0.25) is 0 Å². The number of likely N-dealkylation sites (tertiary alicyclic amines) is 1. The van der Waals surface area contributed by atoms with Crippen LogP contribution in [-0.4, -0.2) is 24.0 Å². The van der Waals surface area contributed by atoms with E-state index in [0.717, 1.165) is 12.0 Å². The standard InChI is InChI=1S/C8H17N/c1-7(2)9-5-4-8(3)6-9/h7-8H,4-6H2,1-3H3. The van der Waals surface area contributed by atoms with Gasteiger partial charge in [0.1, 0.15) is 0 Å². The first kappa shape index (κ1) is 7.07. The summed E-state index contributed by atoms with van der Waals surface area (Å²) in [6.07, 6.45) is 1.40. The van der Waals surface area contributed by atoms with Crippen molar-refractivity contribution >= 4 is 0 Å². The maximum absolute atomic E-state index is 2.55. The molecule has 1 nitrogen and oxygen atoms in total. The molecule has 0 N–H and O–H groups in total. The maximum atomic E-state index is 2.55. The first-order valence-electron chi connectivity index (χ1n) is 3.94. The zero-order chi connectivity index (χ0) is 6.85. The van der Waals surface area contributed by atoms with Gasteiger partial charge >= 0.3 is 0 Å². The van der Waals surface area contributed by atoms with Crippen molar-refractivity contribution in [2.45, 2.75) is 33.2 Å². The third kappa shape index (κ3) is 1.68. The van der Waals surface area contributed by atoms with Crippen molar-refractivity contribution < 1.29 is 0 Å². The highest BCUT2D eigenvalue weighted by atomic mass is 15.2. The van der Waals surface area contributed by atoms with Crippen LogP contribution in [0.25, 0.3) is 0 Å².